The predicted molar refractivity (Wildman–Crippen MR) is 140 cm³/mol. The quantitative estimate of drug-likeness (QED) is 0.272. The Morgan fingerprint density at radius 2 is 1.89 bits per heavy atom. The maximum Gasteiger partial charge on any atom is 0.328 e. The monoisotopic (exact) mass is 542 g/mol. The van der Waals surface area contributed by atoms with Gasteiger partial charge in [0.25, 0.3) is 5.91 Å². The lowest BCUT2D eigenvalue weighted by atomic mass is 10.1. The molecule has 0 aliphatic carbocycles. The predicted octanol–water partition coefficient (Wildman–Crippen LogP) is 5.28. The molecule has 2 heterocycles. The van der Waals surface area contributed by atoms with Gasteiger partial charge in [-0.25, -0.2) is 4.79 Å². The first kappa shape index (κ1) is 26.3. The van der Waals surface area contributed by atoms with E-state index in [2.05, 4.69) is 10.3 Å². The van der Waals surface area contributed by atoms with Crippen molar-refractivity contribution in [1.29, 1.82) is 0 Å². The number of halogens is 2. The van der Waals surface area contributed by atoms with Crippen LogP contribution >= 0.6 is 23.2 Å². The van der Waals surface area contributed by atoms with Gasteiger partial charge in [-0.05, 0) is 48.0 Å². The normalized spacial score (nSPS) is 11.7. The molecule has 0 saturated heterocycles. The molecule has 0 spiro atoms. The summed E-state index contributed by atoms with van der Waals surface area (Å²) in [6.07, 6.45) is 3.90. The van der Waals surface area contributed by atoms with Crippen LogP contribution in [0, 0.1) is 0 Å². The van der Waals surface area contributed by atoms with Crippen molar-refractivity contribution in [2.45, 2.75) is 18.9 Å². The average Bonchev–Trinajstić information content (AvgIpc) is 3.31. The first-order valence-corrected chi connectivity index (χ1v) is 12.1. The molecule has 1 unspecified atom stereocenters. The second-order valence-electron chi connectivity index (χ2n) is 8.08. The third-order valence-electron chi connectivity index (χ3n) is 5.63. The van der Waals surface area contributed by atoms with Crippen LogP contribution < -0.4 is 14.8 Å². The van der Waals surface area contributed by atoms with E-state index in [0.29, 0.717) is 39.3 Å². The molecule has 10 heteroatoms. The van der Waals surface area contributed by atoms with E-state index in [-0.39, 0.29) is 18.6 Å². The maximum atomic E-state index is 13.1. The zero-order chi connectivity index (χ0) is 26.4. The summed E-state index contributed by atoms with van der Waals surface area (Å²) in [5, 5.41) is 4.62. The van der Waals surface area contributed by atoms with Crippen molar-refractivity contribution in [3.8, 4) is 11.5 Å². The number of nitrogens with one attached hydrogen (secondary N) is 1. The van der Waals surface area contributed by atoms with Crippen LogP contribution in [0.1, 0.15) is 21.7 Å². The number of fused-ring (bicyclic) bond motifs is 1. The van der Waals surface area contributed by atoms with Crippen LogP contribution in [0.4, 0.5) is 0 Å². The van der Waals surface area contributed by atoms with E-state index in [0.717, 1.165) is 10.9 Å². The molecule has 2 aromatic heterocycles. The molecule has 0 aliphatic heterocycles. The number of benzene rings is 2. The summed E-state index contributed by atoms with van der Waals surface area (Å²) >= 11 is 12.2. The third-order valence-corrected chi connectivity index (χ3v) is 6.22. The van der Waals surface area contributed by atoms with Gasteiger partial charge in [0.1, 0.15) is 17.4 Å². The Labute approximate surface area is 223 Å². The van der Waals surface area contributed by atoms with Crippen LogP contribution in [0.25, 0.3) is 11.0 Å². The number of hydrogen-bond donors (Lipinski definition) is 1. The number of pyridine rings is 1. The fraction of sp³-hybridized carbons (Fsp3) is 0.222. The van der Waals surface area contributed by atoms with Gasteiger partial charge in [0.05, 0.1) is 20.8 Å². The van der Waals surface area contributed by atoms with Crippen LogP contribution in [0.2, 0.25) is 10.0 Å². The second kappa shape index (κ2) is 12.0. The highest BCUT2D eigenvalue weighted by Gasteiger charge is 2.25. The summed E-state index contributed by atoms with van der Waals surface area (Å²) in [4.78, 5) is 29.6. The van der Waals surface area contributed by atoms with Gasteiger partial charge in [0.15, 0.2) is 11.5 Å². The van der Waals surface area contributed by atoms with Crippen molar-refractivity contribution >= 4 is 46.0 Å². The van der Waals surface area contributed by atoms with Crippen LogP contribution in [-0.4, -0.2) is 43.7 Å². The third kappa shape index (κ3) is 6.53. The fourth-order valence-corrected chi connectivity index (χ4v) is 4.25. The van der Waals surface area contributed by atoms with E-state index in [9.17, 15) is 9.59 Å². The molecular formula is C27H24Cl2N2O6. The van der Waals surface area contributed by atoms with Gasteiger partial charge in [-0.1, -0.05) is 29.3 Å². The van der Waals surface area contributed by atoms with Crippen molar-refractivity contribution in [3.05, 3.63) is 87.9 Å². The van der Waals surface area contributed by atoms with E-state index in [4.69, 9.17) is 41.8 Å². The Morgan fingerprint density at radius 1 is 1.05 bits per heavy atom. The molecule has 0 saturated carbocycles. The molecule has 0 aliphatic rings. The minimum atomic E-state index is -0.968. The molecular weight excluding hydrogens is 519 g/mol. The Morgan fingerprint density at radius 3 is 2.62 bits per heavy atom. The number of esters is 1. The summed E-state index contributed by atoms with van der Waals surface area (Å²) < 4.78 is 21.9. The standard InChI is InChI=1S/C27H24Cl2N2O6/c1-34-24-6-4-17(12-25(24)36-10-8-16-3-5-19(28)13-21(16)29)26(32)31-22(27(33)35-2)14-20-11-18-15-30-9-7-23(18)37-20/h3-7,9,11-13,15,22H,8,10,14H2,1-2H3,(H,31,32). The highest BCUT2D eigenvalue weighted by molar-refractivity contribution is 6.35. The molecule has 1 atom stereocenters. The number of carbonyl (C=O) groups excluding carboxylic acids is 2. The van der Waals surface area contributed by atoms with Crippen molar-refractivity contribution in [2.24, 2.45) is 0 Å². The fourth-order valence-electron chi connectivity index (χ4n) is 3.74. The van der Waals surface area contributed by atoms with Crippen LogP contribution in [0.15, 0.2) is 65.3 Å². The van der Waals surface area contributed by atoms with Crippen LogP contribution in [-0.2, 0) is 22.4 Å². The van der Waals surface area contributed by atoms with Crippen LogP contribution in [0.3, 0.4) is 0 Å². The molecule has 37 heavy (non-hydrogen) atoms. The molecule has 4 aromatic rings. The Bertz CT molecular complexity index is 1390. The molecule has 0 radical (unpaired) electrons. The maximum absolute atomic E-state index is 13.1. The number of methoxy groups -OCH3 is 2. The smallest absolute Gasteiger partial charge is 0.328 e. The largest absolute Gasteiger partial charge is 0.493 e. The molecule has 2 aromatic carbocycles. The van der Waals surface area contributed by atoms with Crippen molar-refractivity contribution in [3.63, 3.8) is 0 Å². The summed E-state index contributed by atoms with van der Waals surface area (Å²) in [6.45, 7) is 0.286. The van der Waals surface area contributed by atoms with Crippen molar-refractivity contribution < 1.29 is 28.2 Å². The molecule has 1 amide bonds. The van der Waals surface area contributed by atoms with Gasteiger partial charge in [-0.2, -0.15) is 0 Å². The van der Waals surface area contributed by atoms with E-state index in [1.54, 1.807) is 54.9 Å². The molecule has 8 nitrogen and oxygen atoms in total. The second-order valence-corrected chi connectivity index (χ2v) is 8.92. The van der Waals surface area contributed by atoms with Gasteiger partial charge in [0.2, 0.25) is 0 Å². The number of hydrogen-bond acceptors (Lipinski definition) is 7. The molecule has 1 N–H and O–H groups in total. The zero-order valence-corrected chi connectivity index (χ0v) is 21.6. The summed E-state index contributed by atoms with van der Waals surface area (Å²) in [7, 11) is 2.77. The lowest BCUT2D eigenvalue weighted by molar-refractivity contribution is -0.142. The Kier molecular flexibility index (Phi) is 8.53. The van der Waals surface area contributed by atoms with Crippen molar-refractivity contribution in [2.75, 3.05) is 20.8 Å². The molecule has 4 rings (SSSR count). The number of rotatable bonds is 10. The first-order valence-electron chi connectivity index (χ1n) is 11.3. The number of amides is 1. The minimum absolute atomic E-state index is 0.106. The number of carbonyl (C=O) groups is 2. The van der Waals surface area contributed by atoms with Gasteiger partial charge in [-0.15, -0.1) is 0 Å². The lowest BCUT2D eigenvalue weighted by Crippen LogP contribution is -2.43. The molecule has 192 valence electrons. The molecule has 0 fully saturated rings. The van der Waals surface area contributed by atoms with E-state index < -0.39 is 17.9 Å². The Balaban J connectivity index is 1.46. The van der Waals surface area contributed by atoms with Crippen LogP contribution in [0.5, 0.6) is 11.5 Å². The number of furan rings is 1. The number of nitrogens with zero attached hydrogens (tertiary/aromatic N) is 1. The highest BCUT2D eigenvalue weighted by atomic mass is 35.5. The highest BCUT2D eigenvalue weighted by Crippen LogP contribution is 2.29. The van der Waals surface area contributed by atoms with E-state index in [1.165, 1.54) is 14.2 Å². The SMILES string of the molecule is COC(=O)C(Cc1cc2cnccc2o1)NC(=O)c1ccc(OC)c(OCCc2ccc(Cl)cc2Cl)c1. The topological polar surface area (TPSA) is 99.9 Å². The summed E-state index contributed by atoms with van der Waals surface area (Å²) in [6, 6.07) is 12.6. The first-order chi connectivity index (χ1) is 17.9. The number of aromatic nitrogens is 1. The van der Waals surface area contributed by atoms with Crippen molar-refractivity contribution in [1.82, 2.24) is 10.3 Å². The van der Waals surface area contributed by atoms with Gasteiger partial charge in [0, 0.05) is 46.2 Å². The lowest BCUT2D eigenvalue weighted by Gasteiger charge is -2.17. The van der Waals surface area contributed by atoms with E-state index in [1.807, 2.05) is 6.07 Å². The number of ether oxygens (including phenoxy) is 3. The molecule has 0 bridgehead atoms. The summed E-state index contributed by atoms with van der Waals surface area (Å²) in [5.74, 6) is 0.260. The van der Waals surface area contributed by atoms with Gasteiger partial charge < -0.3 is 23.9 Å². The average molecular weight is 543 g/mol. The Hall–Kier alpha value is -3.75. The van der Waals surface area contributed by atoms with E-state index >= 15 is 0 Å². The van der Waals surface area contributed by atoms with Gasteiger partial charge >= 0.3 is 5.97 Å². The summed E-state index contributed by atoms with van der Waals surface area (Å²) in [5.41, 5.74) is 1.79. The van der Waals surface area contributed by atoms with Gasteiger partial charge in [-0.3, -0.25) is 9.78 Å². The minimum Gasteiger partial charge on any atom is -0.493 e. The zero-order valence-electron chi connectivity index (χ0n) is 20.1.